The second-order valence-corrected chi connectivity index (χ2v) is 15.7. The van der Waals surface area contributed by atoms with Crippen LogP contribution >= 0.6 is 0 Å². The van der Waals surface area contributed by atoms with E-state index in [0.717, 1.165) is 61.4 Å². The average molecular weight is 776 g/mol. The molecule has 0 fully saturated rings. The maximum atomic E-state index is 5.48. The molecule has 0 saturated carbocycles. The van der Waals surface area contributed by atoms with Gasteiger partial charge in [0.2, 0.25) is 0 Å². The van der Waals surface area contributed by atoms with Crippen LogP contribution in [0.1, 0.15) is 0 Å². The molecule has 0 saturated heterocycles. The van der Waals surface area contributed by atoms with E-state index < -0.39 is 0 Å². The summed E-state index contributed by atoms with van der Waals surface area (Å²) in [7, 11) is 0. The topological polar surface area (TPSA) is 30.7 Å². The van der Waals surface area contributed by atoms with Crippen LogP contribution in [0.25, 0.3) is 116 Å². The van der Waals surface area contributed by atoms with Crippen LogP contribution in [0.4, 0.5) is 0 Å². The van der Waals surface area contributed by atoms with Gasteiger partial charge in [0.1, 0.15) is 0 Å². The summed E-state index contributed by atoms with van der Waals surface area (Å²) < 4.78 is 2.49. The molecule has 3 heteroatoms. The minimum Gasteiger partial charge on any atom is -0.309 e. The fraction of sp³-hybridized carbons (Fsp3) is 0. The maximum Gasteiger partial charge on any atom is 0.0973 e. The molecule has 0 aliphatic rings. The van der Waals surface area contributed by atoms with Crippen LogP contribution in [0, 0.1) is 0 Å². The predicted molar refractivity (Wildman–Crippen MR) is 256 cm³/mol. The fourth-order valence-electron chi connectivity index (χ4n) is 9.44. The Bertz CT molecular complexity index is 3480. The number of nitrogens with zero attached hydrogens (tertiary/aromatic N) is 3. The number of hydrogen-bond acceptors (Lipinski definition) is 2. The number of aromatic nitrogens is 3. The van der Waals surface area contributed by atoms with Crippen LogP contribution in [0.15, 0.2) is 224 Å². The van der Waals surface area contributed by atoms with Crippen LogP contribution < -0.4 is 0 Å². The summed E-state index contributed by atoms with van der Waals surface area (Å²) in [6.07, 6.45) is 0. The predicted octanol–water partition coefficient (Wildman–Crippen LogP) is 15.4. The lowest BCUT2D eigenvalue weighted by molar-refractivity contribution is 1.18. The van der Waals surface area contributed by atoms with E-state index in [1.165, 1.54) is 54.6 Å². The van der Waals surface area contributed by atoms with E-state index >= 15 is 0 Å². The summed E-state index contributed by atoms with van der Waals surface area (Å²) in [6, 6.07) is 80.4. The molecular formula is C58H37N3. The van der Waals surface area contributed by atoms with Gasteiger partial charge in [-0.3, -0.25) is 0 Å². The lowest BCUT2D eigenvalue weighted by atomic mass is 9.92. The van der Waals surface area contributed by atoms with E-state index in [2.05, 4.69) is 217 Å². The SMILES string of the molecule is c1ccc(-c2nc3cccc(-c4cccc(-n5c6cc(-c7ccccc7)c7ccccc7c6c6c7ccccc7c(-c7ccccc7)cc65)c4)c3nc2-c2ccccc2)cc1. The highest BCUT2D eigenvalue weighted by molar-refractivity contribution is 6.31. The van der Waals surface area contributed by atoms with Gasteiger partial charge in [0.25, 0.3) is 0 Å². The first kappa shape index (κ1) is 34.9. The average Bonchev–Trinajstić information content (AvgIpc) is 3.68. The highest BCUT2D eigenvalue weighted by atomic mass is 15.0. The van der Waals surface area contributed by atoms with Crippen molar-refractivity contribution in [3.63, 3.8) is 0 Å². The second kappa shape index (κ2) is 14.3. The normalized spacial score (nSPS) is 11.6. The standard InChI is InChI=1S/C58H37N3/c1-5-19-38(20-6-1)49-36-52-54(47-31-15-13-29-45(47)49)55-48-32-16-14-30-46(48)50(39-21-7-2-8-22-39)37-53(55)61(52)43-28-17-27-42(35-43)44-33-18-34-51-58(44)60-57(41-25-11-4-12-26-41)56(59-51)40-23-9-3-10-24-40/h1-37H. The van der Waals surface area contributed by atoms with Crippen molar-refractivity contribution in [1.29, 1.82) is 0 Å². The number of rotatable bonds is 6. The molecule has 10 aromatic carbocycles. The van der Waals surface area contributed by atoms with Gasteiger partial charge in [-0.05, 0) is 79.7 Å². The van der Waals surface area contributed by atoms with Crippen molar-refractivity contribution >= 4 is 54.4 Å². The van der Waals surface area contributed by atoms with Crippen molar-refractivity contribution in [2.45, 2.75) is 0 Å². The Hall–Kier alpha value is -8.14. The molecule has 0 spiro atoms. The maximum absolute atomic E-state index is 5.48. The first-order chi connectivity index (χ1) is 30.3. The van der Waals surface area contributed by atoms with Gasteiger partial charge in [0.05, 0.1) is 33.5 Å². The summed E-state index contributed by atoms with van der Waals surface area (Å²) in [5.41, 5.74) is 15.9. The van der Waals surface area contributed by atoms with E-state index in [1.807, 2.05) is 12.1 Å². The van der Waals surface area contributed by atoms with Crippen LogP contribution in [-0.2, 0) is 0 Å². The van der Waals surface area contributed by atoms with Gasteiger partial charge in [-0.25, -0.2) is 9.97 Å². The van der Waals surface area contributed by atoms with Gasteiger partial charge >= 0.3 is 0 Å². The van der Waals surface area contributed by atoms with Crippen molar-refractivity contribution in [3.05, 3.63) is 224 Å². The van der Waals surface area contributed by atoms with E-state index in [1.54, 1.807) is 0 Å². The Morgan fingerprint density at radius 3 is 1.25 bits per heavy atom. The highest BCUT2D eigenvalue weighted by Crippen LogP contribution is 2.46. The molecule has 2 heterocycles. The van der Waals surface area contributed by atoms with E-state index in [0.29, 0.717) is 0 Å². The summed E-state index contributed by atoms with van der Waals surface area (Å²) in [6.45, 7) is 0. The Balaban J connectivity index is 1.17. The number of para-hydroxylation sites is 1. The molecule has 0 N–H and O–H groups in total. The third-order valence-electron chi connectivity index (χ3n) is 12.2. The Kier molecular flexibility index (Phi) is 8.17. The summed E-state index contributed by atoms with van der Waals surface area (Å²) in [5.74, 6) is 0. The zero-order valence-electron chi connectivity index (χ0n) is 33.2. The fourth-order valence-corrected chi connectivity index (χ4v) is 9.44. The molecular weight excluding hydrogens is 739 g/mol. The Morgan fingerprint density at radius 1 is 0.295 bits per heavy atom. The lowest BCUT2D eigenvalue weighted by Crippen LogP contribution is -1.98. The molecule has 0 radical (unpaired) electrons. The quantitative estimate of drug-likeness (QED) is 0.168. The monoisotopic (exact) mass is 775 g/mol. The largest absolute Gasteiger partial charge is 0.309 e. The zero-order chi connectivity index (χ0) is 40.3. The third kappa shape index (κ3) is 5.74. The van der Waals surface area contributed by atoms with Gasteiger partial charge < -0.3 is 4.57 Å². The molecule has 0 unspecified atom stereocenters. The van der Waals surface area contributed by atoms with Gasteiger partial charge in [0, 0.05) is 33.2 Å². The number of fused-ring (bicyclic) bond motifs is 8. The second-order valence-electron chi connectivity index (χ2n) is 15.7. The van der Waals surface area contributed by atoms with Gasteiger partial charge in [-0.15, -0.1) is 0 Å². The molecule has 0 aliphatic carbocycles. The third-order valence-corrected chi connectivity index (χ3v) is 12.2. The molecule has 12 aromatic rings. The summed E-state index contributed by atoms with van der Waals surface area (Å²) in [5, 5.41) is 7.46. The first-order valence-electron chi connectivity index (χ1n) is 20.8. The molecule has 0 aliphatic heterocycles. The van der Waals surface area contributed by atoms with E-state index in [9.17, 15) is 0 Å². The van der Waals surface area contributed by atoms with Gasteiger partial charge in [-0.2, -0.15) is 0 Å². The number of benzene rings is 10. The van der Waals surface area contributed by atoms with Crippen LogP contribution in [0.3, 0.4) is 0 Å². The Morgan fingerprint density at radius 2 is 0.721 bits per heavy atom. The van der Waals surface area contributed by atoms with Crippen molar-refractivity contribution in [2.75, 3.05) is 0 Å². The lowest BCUT2D eigenvalue weighted by Gasteiger charge is -2.15. The smallest absolute Gasteiger partial charge is 0.0973 e. The zero-order valence-corrected chi connectivity index (χ0v) is 33.2. The van der Waals surface area contributed by atoms with Crippen molar-refractivity contribution in [3.8, 4) is 61.6 Å². The van der Waals surface area contributed by atoms with E-state index in [-0.39, 0.29) is 0 Å². The van der Waals surface area contributed by atoms with Gasteiger partial charge in [0.15, 0.2) is 0 Å². The van der Waals surface area contributed by atoms with Crippen LogP contribution in [0.5, 0.6) is 0 Å². The van der Waals surface area contributed by atoms with Crippen molar-refractivity contribution in [1.82, 2.24) is 14.5 Å². The minimum atomic E-state index is 0.858. The molecule has 2 aromatic heterocycles. The number of hydrogen-bond donors (Lipinski definition) is 0. The first-order valence-corrected chi connectivity index (χ1v) is 20.8. The minimum absolute atomic E-state index is 0.858. The molecule has 0 atom stereocenters. The Labute approximate surface area is 353 Å². The molecule has 284 valence electrons. The summed E-state index contributed by atoms with van der Waals surface area (Å²) >= 11 is 0. The molecule has 12 rings (SSSR count). The molecule has 0 bridgehead atoms. The highest BCUT2D eigenvalue weighted by Gasteiger charge is 2.22. The van der Waals surface area contributed by atoms with Crippen LogP contribution in [-0.4, -0.2) is 14.5 Å². The molecule has 3 nitrogen and oxygen atoms in total. The van der Waals surface area contributed by atoms with Crippen molar-refractivity contribution < 1.29 is 0 Å². The summed E-state index contributed by atoms with van der Waals surface area (Å²) in [4.78, 5) is 10.8. The van der Waals surface area contributed by atoms with Crippen LogP contribution in [0.2, 0.25) is 0 Å². The molecule has 0 amide bonds. The van der Waals surface area contributed by atoms with Crippen molar-refractivity contribution in [2.24, 2.45) is 0 Å². The van der Waals surface area contributed by atoms with Gasteiger partial charge in [-0.1, -0.05) is 194 Å². The van der Waals surface area contributed by atoms with E-state index in [4.69, 9.17) is 9.97 Å². The molecule has 61 heavy (non-hydrogen) atoms.